The Kier molecular flexibility index (Phi) is 5.13. The molecule has 0 saturated heterocycles. The lowest BCUT2D eigenvalue weighted by atomic mass is 10.1. The van der Waals surface area contributed by atoms with Gasteiger partial charge in [-0.15, -0.1) is 10.2 Å². The summed E-state index contributed by atoms with van der Waals surface area (Å²) in [6.45, 7) is 0. The Labute approximate surface area is 170 Å². The molecule has 0 radical (unpaired) electrons. The van der Waals surface area contributed by atoms with Crippen molar-refractivity contribution in [2.24, 2.45) is 0 Å². The van der Waals surface area contributed by atoms with E-state index in [0.717, 1.165) is 22.3 Å². The molecule has 0 bridgehead atoms. The summed E-state index contributed by atoms with van der Waals surface area (Å²) in [5.41, 5.74) is 1.69. The quantitative estimate of drug-likeness (QED) is 0.294. The number of rotatable bonds is 6. The monoisotopic (exact) mass is 410 g/mol. The van der Waals surface area contributed by atoms with Crippen LogP contribution in [0.15, 0.2) is 62.9 Å². The number of aromatic nitrogens is 3. The first kappa shape index (κ1) is 18.9. The van der Waals surface area contributed by atoms with E-state index in [1.807, 2.05) is 36.4 Å². The Bertz CT molecular complexity index is 1220. The van der Waals surface area contributed by atoms with Gasteiger partial charge in [0.25, 0.3) is 0 Å². The summed E-state index contributed by atoms with van der Waals surface area (Å²) in [6.07, 6.45) is 0. The van der Waals surface area contributed by atoms with Gasteiger partial charge in [-0.05, 0) is 42.0 Å². The third-order valence-corrected chi connectivity index (χ3v) is 5.40. The number of ether oxygens (including phenoxy) is 2. The molecule has 4 rings (SSSR count). The first-order valence-corrected chi connectivity index (χ1v) is 9.66. The Balaban J connectivity index is 1.60. The second kappa shape index (κ2) is 7.88. The van der Waals surface area contributed by atoms with Crippen LogP contribution in [0, 0.1) is 0 Å². The molecule has 8 nitrogen and oxygen atoms in total. The summed E-state index contributed by atoms with van der Waals surface area (Å²) in [7, 11) is 3.17. The topological polar surface area (TPSA) is 105 Å². The number of nitrogens with zero attached hydrogens (tertiary/aromatic N) is 3. The highest BCUT2D eigenvalue weighted by Gasteiger charge is 2.14. The molecule has 0 aliphatic heterocycles. The molecule has 0 aliphatic carbocycles. The smallest absolute Gasteiger partial charge is 0.336 e. The molecular formula is C20H18N4O4S. The van der Waals surface area contributed by atoms with Crippen molar-refractivity contribution in [1.29, 1.82) is 0 Å². The van der Waals surface area contributed by atoms with Gasteiger partial charge in [0, 0.05) is 28.8 Å². The van der Waals surface area contributed by atoms with Crippen molar-refractivity contribution in [1.82, 2.24) is 14.9 Å². The lowest BCUT2D eigenvalue weighted by Gasteiger charge is -2.07. The van der Waals surface area contributed by atoms with E-state index in [2.05, 4.69) is 10.2 Å². The van der Waals surface area contributed by atoms with Gasteiger partial charge in [-0.25, -0.2) is 9.47 Å². The molecule has 2 heterocycles. The molecule has 0 amide bonds. The van der Waals surface area contributed by atoms with Crippen LogP contribution in [-0.2, 0) is 5.75 Å². The van der Waals surface area contributed by atoms with Gasteiger partial charge in [0.1, 0.15) is 17.1 Å². The SMILES string of the molecule is COc1ccc(-c2nnc(SCc3cc(=O)oc4cc(OC)ccc34)n2N)cc1. The second-order valence-corrected chi connectivity index (χ2v) is 7.09. The van der Waals surface area contributed by atoms with Crippen molar-refractivity contribution >= 4 is 22.7 Å². The van der Waals surface area contributed by atoms with Crippen LogP contribution in [0.25, 0.3) is 22.4 Å². The van der Waals surface area contributed by atoms with E-state index < -0.39 is 5.63 Å². The minimum atomic E-state index is -0.422. The van der Waals surface area contributed by atoms with E-state index in [1.54, 1.807) is 20.3 Å². The lowest BCUT2D eigenvalue weighted by molar-refractivity contribution is 0.414. The number of nitrogens with two attached hydrogens (primary N) is 1. The number of thioether (sulfide) groups is 1. The Morgan fingerprint density at radius 1 is 1.03 bits per heavy atom. The predicted octanol–water partition coefficient (Wildman–Crippen LogP) is 3.07. The van der Waals surface area contributed by atoms with Gasteiger partial charge in [-0.3, -0.25) is 0 Å². The van der Waals surface area contributed by atoms with Gasteiger partial charge >= 0.3 is 5.63 Å². The summed E-state index contributed by atoms with van der Waals surface area (Å²) in [5, 5.41) is 9.73. The molecule has 2 N–H and O–H groups in total. The van der Waals surface area contributed by atoms with Crippen LogP contribution in [-0.4, -0.2) is 29.1 Å². The number of methoxy groups -OCH3 is 2. The molecule has 0 aliphatic rings. The summed E-state index contributed by atoms with van der Waals surface area (Å²) < 4.78 is 17.1. The largest absolute Gasteiger partial charge is 0.497 e. The molecule has 0 spiro atoms. The average molecular weight is 410 g/mol. The molecule has 2 aromatic heterocycles. The minimum Gasteiger partial charge on any atom is -0.497 e. The minimum absolute atomic E-state index is 0.422. The molecule has 29 heavy (non-hydrogen) atoms. The fourth-order valence-electron chi connectivity index (χ4n) is 2.91. The van der Waals surface area contributed by atoms with Gasteiger partial charge < -0.3 is 19.7 Å². The zero-order chi connectivity index (χ0) is 20.4. The molecule has 0 fully saturated rings. The number of nitrogen functional groups attached to an aromatic ring is 1. The van der Waals surface area contributed by atoms with Crippen LogP contribution >= 0.6 is 11.8 Å². The van der Waals surface area contributed by atoms with Crippen LogP contribution in [0.1, 0.15) is 5.56 Å². The Morgan fingerprint density at radius 2 is 1.76 bits per heavy atom. The molecule has 0 saturated carbocycles. The zero-order valence-electron chi connectivity index (χ0n) is 15.8. The second-order valence-electron chi connectivity index (χ2n) is 6.15. The average Bonchev–Trinajstić information content (AvgIpc) is 3.11. The summed E-state index contributed by atoms with van der Waals surface area (Å²) in [5.74, 6) is 8.58. The first-order chi connectivity index (χ1) is 14.1. The van der Waals surface area contributed by atoms with Crippen LogP contribution in [0.2, 0.25) is 0 Å². The molecular weight excluding hydrogens is 392 g/mol. The number of hydrogen-bond donors (Lipinski definition) is 1. The number of hydrogen-bond acceptors (Lipinski definition) is 8. The van der Waals surface area contributed by atoms with Gasteiger partial charge in [-0.2, -0.15) is 0 Å². The summed E-state index contributed by atoms with van der Waals surface area (Å²) >= 11 is 1.38. The Morgan fingerprint density at radius 3 is 2.48 bits per heavy atom. The van der Waals surface area contributed by atoms with Crippen LogP contribution < -0.4 is 20.9 Å². The molecule has 148 valence electrons. The number of benzene rings is 2. The van der Waals surface area contributed by atoms with E-state index in [1.165, 1.54) is 22.5 Å². The first-order valence-electron chi connectivity index (χ1n) is 8.67. The van der Waals surface area contributed by atoms with Crippen molar-refractivity contribution in [2.75, 3.05) is 20.1 Å². The van der Waals surface area contributed by atoms with Gasteiger partial charge in [0.15, 0.2) is 5.82 Å². The maximum absolute atomic E-state index is 11.9. The van der Waals surface area contributed by atoms with Crippen molar-refractivity contribution < 1.29 is 13.9 Å². The van der Waals surface area contributed by atoms with Crippen molar-refractivity contribution in [3.63, 3.8) is 0 Å². The Hall–Kier alpha value is -3.46. The van der Waals surface area contributed by atoms with Gasteiger partial charge in [0.2, 0.25) is 5.16 Å². The molecule has 9 heteroatoms. The van der Waals surface area contributed by atoms with E-state index in [9.17, 15) is 4.79 Å². The molecule has 2 aromatic carbocycles. The number of fused-ring (bicyclic) bond motifs is 1. The predicted molar refractivity (Wildman–Crippen MR) is 111 cm³/mol. The highest BCUT2D eigenvalue weighted by atomic mass is 32.2. The maximum atomic E-state index is 11.9. The lowest BCUT2D eigenvalue weighted by Crippen LogP contribution is -2.11. The third-order valence-electron chi connectivity index (χ3n) is 4.41. The van der Waals surface area contributed by atoms with E-state index >= 15 is 0 Å². The normalized spacial score (nSPS) is 11.0. The third kappa shape index (κ3) is 3.77. The fourth-order valence-corrected chi connectivity index (χ4v) is 3.76. The highest BCUT2D eigenvalue weighted by molar-refractivity contribution is 7.98. The summed E-state index contributed by atoms with van der Waals surface area (Å²) in [4.78, 5) is 11.9. The van der Waals surface area contributed by atoms with E-state index in [4.69, 9.17) is 19.7 Å². The van der Waals surface area contributed by atoms with Crippen LogP contribution in [0.5, 0.6) is 11.5 Å². The van der Waals surface area contributed by atoms with E-state index in [0.29, 0.717) is 28.1 Å². The molecule has 0 unspecified atom stereocenters. The molecule has 0 atom stereocenters. The van der Waals surface area contributed by atoms with E-state index in [-0.39, 0.29) is 0 Å². The van der Waals surface area contributed by atoms with Crippen LogP contribution in [0.4, 0.5) is 0 Å². The van der Waals surface area contributed by atoms with Gasteiger partial charge in [-0.1, -0.05) is 11.8 Å². The van der Waals surface area contributed by atoms with Crippen molar-refractivity contribution in [2.45, 2.75) is 10.9 Å². The van der Waals surface area contributed by atoms with Crippen LogP contribution in [0.3, 0.4) is 0 Å². The highest BCUT2D eigenvalue weighted by Crippen LogP contribution is 2.29. The van der Waals surface area contributed by atoms with Crippen molar-refractivity contribution in [3.8, 4) is 22.9 Å². The standard InChI is InChI=1S/C20H18N4O4S/c1-26-14-5-3-12(4-6-14)19-22-23-20(24(19)21)29-11-13-9-18(25)28-17-10-15(27-2)7-8-16(13)17/h3-10H,11,21H2,1-2H3. The van der Waals surface area contributed by atoms with Crippen molar-refractivity contribution in [3.05, 3.63) is 64.5 Å². The summed E-state index contributed by atoms with van der Waals surface area (Å²) in [6, 6.07) is 14.3. The molecule has 4 aromatic rings. The fraction of sp³-hybridized carbons (Fsp3) is 0.150. The van der Waals surface area contributed by atoms with Gasteiger partial charge in [0.05, 0.1) is 14.2 Å². The zero-order valence-corrected chi connectivity index (χ0v) is 16.6. The maximum Gasteiger partial charge on any atom is 0.336 e.